The summed E-state index contributed by atoms with van der Waals surface area (Å²) in [6, 6.07) is 1.93. The van der Waals surface area contributed by atoms with Crippen LogP contribution in [0.5, 0.6) is 0 Å². The number of anilines is 1. The highest BCUT2D eigenvalue weighted by atomic mass is 35.5. The second-order valence-electron chi connectivity index (χ2n) is 3.56. The average molecular weight is 319 g/mol. The zero-order chi connectivity index (χ0) is 10.8. The van der Waals surface area contributed by atoms with Gasteiger partial charge in [0.2, 0.25) is 0 Å². The van der Waals surface area contributed by atoms with Crippen molar-refractivity contribution in [2.24, 2.45) is 0 Å². The van der Waals surface area contributed by atoms with Crippen LogP contribution in [0.4, 0.5) is 10.6 Å². The summed E-state index contributed by atoms with van der Waals surface area (Å²) < 4.78 is 1.92. The molecule has 0 saturated carbocycles. The molecule has 2 heterocycles. The largest absolute Gasteiger partial charge is 0.341 e. The number of hydrogen-bond donors (Lipinski definition) is 3. The third-order valence-corrected chi connectivity index (χ3v) is 2.50. The summed E-state index contributed by atoms with van der Waals surface area (Å²) in [6.45, 7) is 3.83. The molecule has 1 aromatic rings. The highest BCUT2D eigenvalue weighted by molar-refractivity contribution is 5.88. The van der Waals surface area contributed by atoms with Gasteiger partial charge in [0.25, 0.3) is 0 Å². The van der Waals surface area contributed by atoms with Crippen molar-refractivity contribution in [1.82, 2.24) is 20.4 Å². The molecule has 0 aromatic carbocycles. The Balaban J connectivity index is 0. The summed E-state index contributed by atoms with van der Waals surface area (Å²) in [5.74, 6) is 0.597. The maximum atomic E-state index is 11.1. The molecule has 2 amide bonds. The van der Waals surface area contributed by atoms with Crippen LogP contribution in [0.15, 0.2) is 6.07 Å². The molecule has 0 radical (unpaired) electrons. The molecule has 0 bridgehead atoms. The molecule has 1 unspecified atom stereocenters. The quantitative estimate of drug-likeness (QED) is 0.736. The highest BCUT2D eigenvalue weighted by Crippen LogP contribution is 2.19. The topological polar surface area (TPSA) is 71.0 Å². The van der Waals surface area contributed by atoms with Crippen LogP contribution < -0.4 is 16.0 Å². The smallest absolute Gasteiger partial charge is 0.320 e. The molecule has 1 aliphatic heterocycles. The van der Waals surface area contributed by atoms with Crippen molar-refractivity contribution in [3.8, 4) is 0 Å². The SMILES string of the molecule is CNC(=O)Nc1cc2n(n1)CCNC2C.Cl.Cl.Cl. The Kier molecular flexibility index (Phi) is 9.19. The Morgan fingerprint density at radius 1 is 1.50 bits per heavy atom. The molecule has 106 valence electrons. The van der Waals surface area contributed by atoms with Crippen LogP contribution in [0, 0.1) is 0 Å². The van der Waals surface area contributed by atoms with Crippen LogP contribution in [-0.2, 0) is 6.54 Å². The van der Waals surface area contributed by atoms with Gasteiger partial charge in [0.15, 0.2) is 5.82 Å². The molecule has 1 aliphatic rings. The van der Waals surface area contributed by atoms with Gasteiger partial charge >= 0.3 is 6.03 Å². The number of hydrogen-bond acceptors (Lipinski definition) is 3. The lowest BCUT2D eigenvalue weighted by atomic mass is 10.2. The Morgan fingerprint density at radius 3 is 2.72 bits per heavy atom. The number of nitrogens with one attached hydrogen (secondary N) is 3. The van der Waals surface area contributed by atoms with Crippen molar-refractivity contribution in [2.45, 2.75) is 19.5 Å². The molecule has 0 aliphatic carbocycles. The van der Waals surface area contributed by atoms with Crippen LogP contribution in [0.3, 0.4) is 0 Å². The lowest BCUT2D eigenvalue weighted by Gasteiger charge is -2.21. The molecular formula is C9H18Cl3N5O. The van der Waals surface area contributed by atoms with Gasteiger partial charge in [-0.15, -0.1) is 37.2 Å². The van der Waals surface area contributed by atoms with E-state index in [9.17, 15) is 4.79 Å². The fourth-order valence-electron chi connectivity index (χ4n) is 1.69. The second kappa shape index (κ2) is 8.42. The molecule has 1 atom stereocenters. The van der Waals surface area contributed by atoms with Gasteiger partial charge in [0.05, 0.1) is 12.2 Å². The Hall–Kier alpha value is -0.690. The third-order valence-electron chi connectivity index (χ3n) is 2.50. The van der Waals surface area contributed by atoms with E-state index in [0.29, 0.717) is 5.82 Å². The number of carbonyl (C=O) groups is 1. The van der Waals surface area contributed by atoms with Gasteiger partial charge in [-0.25, -0.2) is 4.79 Å². The summed E-state index contributed by atoms with van der Waals surface area (Å²) in [5.41, 5.74) is 1.10. The fraction of sp³-hybridized carbons (Fsp3) is 0.556. The van der Waals surface area contributed by atoms with Crippen LogP contribution in [0.2, 0.25) is 0 Å². The Labute approximate surface area is 124 Å². The standard InChI is InChI=1S/C9H15N5O.3ClH/c1-6-7-5-8(12-9(15)10-2)13-14(7)4-3-11-6;;;/h5-6,11H,3-4H2,1-2H3,(H2,10,12,13,15);3*1H. The Morgan fingerprint density at radius 2 is 2.17 bits per heavy atom. The van der Waals surface area contributed by atoms with Crippen molar-refractivity contribution in [2.75, 3.05) is 18.9 Å². The normalized spacial score (nSPS) is 16.2. The number of amides is 2. The summed E-state index contributed by atoms with van der Waals surface area (Å²) in [5, 5.41) is 12.8. The molecule has 0 saturated heterocycles. The summed E-state index contributed by atoms with van der Waals surface area (Å²) in [7, 11) is 1.58. The monoisotopic (exact) mass is 317 g/mol. The summed E-state index contributed by atoms with van der Waals surface area (Å²) >= 11 is 0. The summed E-state index contributed by atoms with van der Waals surface area (Å²) in [6.07, 6.45) is 0. The maximum Gasteiger partial charge on any atom is 0.320 e. The molecule has 1 aromatic heterocycles. The number of aromatic nitrogens is 2. The Bertz CT molecular complexity index is 384. The first-order valence-corrected chi connectivity index (χ1v) is 5.00. The first-order chi connectivity index (χ1) is 7.20. The van der Waals surface area contributed by atoms with Crippen LogP contribution >= 0.6 is 37.2 Å². The third kappa shape index (κ3) is 4.20. The van der Waals surface area contributed by atoms with Crippen molar-refractivity contribution in [3.05, 3.63) is 11.8 Å². The van der Waals surface area contributed by atoms with Gasteiger partial charge in [0.1, 0.15) is 0 Å². The van der Waals surface area contributed by atoms with Gasteiger partial charge in [-0.05, 0) is 6.92 Å². The van der Waals surface area contributed by atoms with Crippen molar-refractivity contribution in [3.63, 3.8) is 0 Å². The van der Waals surface area contributed by atoms with Crippen molar-refractivity contribution >= 4 is 49.1 Å². The number of carbonyl (C=O) groups excluding carboxylic acids is 1. The van der Waals surface area contributed by atoms with Gasteiger partial charge in [-0.1, -0.05) is 0 Å². The zero-order valence-corrected chi connectivity index (χ0v) is 12.5. The average Bonchev–Trinajstić information content (AvgIpc) is 2.62. The number of urea groups is 1. The van der Waals surface area contributed by atoms with Gasteiger partial charge in [-0.3, -0.25) is 10.00 Å². The van der Waals surface area contributed by atoms with Crippen LogP contribution in [0.25, 0.3) is 0 Å². The van der Waals surface area contributed by atoms with E-state index in [1.165, 1.54) is 0 Å². The first kappa shape index (κ1) is 19.6. The van der Waals surface area contributed by atoms with Crippen LogP contribution in [-0.4, -0.2) is 29.4 Å². The maximum absolute atomic E-state index is 11.1. The van der Waals surface area contributed by atoms with E-state index in [1.54, 1.807) is 7.05 Å². The van der Waals surface area contributed by atoms with Gasteiger partial charge in [-0.2, -0.15) is 5.10 Å². The molecular weight excluding hydrogens is 300 g/mol. The minimum Gasteiger partial charge on any atom is -0.341 e. The molecule has 0 spiro atoms. The molecule has 18 heavy (non-hydrogen) atoms. The van der Waals surface area contributed by atoms with E-state index in [-0.39, 0.29) is 49.3 Å². The summed E-state index contributed by atoms with van der Waals surface area (Å²) in [4.78, 5) is 11.1. The molecule has 6 nitrogen and oxygen atoms in total. The lowest BCUT2D eigenvalue weighted by molar-refractivity contribution is 0.254. The minimum atomic E-state index is -0.244. The van der Waals surface area contributed by atoms with E-state index < -0.39 is 0 Å². The second-order valence-corrected chi connectivity index (χ2v) is 3.56. The van der Waals surface area contributed by atoms with Crippen molar-refractivity contribution < 1.29 is 4.79 Å². The number of fused-ring (bicyclic) bond motifs is 1. The lowest BCUT2D eigenvalue weighted by Crippen LogP contribution is -2.31. The van der Waals surface area contributed by atoms with Crippen molar-refractivity contribution in [1.29, 1.82) is 0 Å². The predicted octanol–water partition coefficient (Wildman–Crippen LogP) is 1.56. The molecule has 3 N–H and O–H groups in total. The fourth-order valence-corrected chi connectivity index (χ4v) is 1.69. The highest BCUT2D eigenvalue weighted by Gasteiger charge is 2.18. The zero-order valence-electron chi connectivity index (χ0n) is 10.1. The first-order valence-electron chi connectivity index (χ1n) is 5.00. The molecule has 9 heteroatoms. The van der Waals surface area contributed by atoms with Gasteiger partial charge < -0.3 is 10.6 Å². The van der Waals surface area contributed by atoms with Crippen LogP contribution in [0.1, 0.15) is 18.7 Å². The number of nitrogens with zero attached hydrogens (tertiary/aromatic N) is 2. The van der Waals surface area contributed by atoms with E-state index >= 15 is 0 Å². The number of halogens is 3. The molecule has 2 rings (SSSR count). The predicted molar refractivity (Wildman–Crippen MR) is 78.5 cm³/mol. The number of rotatable bonds is 1. The van der Waals surface area contributed by atoms with E-state index in [2.05, 4.69) is 28.0 Å². The minimum absolute atomic E-state index is 0. The van der Waals surface area contributed by atoms with E-state index in [0.717, 1.165) is 18.8 Å². The van der Waals surface area contributed by atoms with Gasteiger partial charge in [0, 0.05) is 25.7 Å². The molecule has 0 fully saturated rings. The van der Waals surface area contributed by atoms with E-state index in [1.807, 2.05) is 10.7 Å². The van der Waals surface area contributed by atoms with E-state index in [4.69, 9.17) is 0 Å².